The molecule has 308 valence electrons. The lowest BCUT2D eigenvalue weighted by molar-refractivity contribution is 1.18. The van der Waals surface area contributed by atoms with Crippen molar-refractivity contribution < 1.29 is 0 Å². The molecule has 0 aliphatic heterocycles. The summed E-state index contributed by atoms with van der Waals surface area (Å²) in [5.74, 6) is 0. The molecule has 3 nitrogen and oxygen atoms in total. The lowest BCUT2D eigenvalue weighted by Crippen LogP contribution is -2.09. The molecule has 0 atom stereocenters. The van der Waals surface area contributed by atoms with Gasteiger partial charge in [-0.3, -0.25) is 0 Å². The van der Waals surface area contributed by atoms with Crippen molar-refractivity contribution in [1.82, 2.24) is 9.13 Å². The molecule has 10 aromatic carbocycles. The molecule has 0 unspecified atom stereocenters. The van der Waals surface area contributed by atoms with Crippen molar-refractivity contribution in [3.05, 3.63) is 248 Å². The number of nitrogens with zero attached hydrogens (tertiary/aromatic N) is 3. The van der Waals surface area contributed by atoms with Gasteiger partial charge in [0.15, 0.2) is 0 Å². The van der Waals surface area contributed by atoms with Crippen LogP contribution in [-0.4, -0.2) is 9.13 Å². The molecule has 0 aliphatic carbocycles. The second kappa shape index (κ2) is 15.7. The van der Waals surface area contributed by atoms with Crippen LogP contribution in [0.15, 0.2) is 237 Å². The number of fused-ring (bicyclic) bond motifs is 6. The molecular formula is C62H45N3. The van der Waals surface area contributed by atoms with E-state index in [0.29, 0.717) is 0 Å². The predicted molar refractivity (Wildman–Crippen MR) is 276 cm³/mol. The summed E-state index contributed by atoms with van der Waals surface area (Å²) in [4.78, 5) is 2.32. The number of hydrogen-bond donors (Lipinski definition) is 0. The molecule has 0 saturated carbocycles. The van der Waals surface area contributed by atoms with E-state index in [2.05, 4.69) is 264 Å². The highest BCUT2D eigenvalue weighted by molar-refractivity contribution is 6.13. The van der Waals surface area contributed by atoms with Gasteiger partial charge in [-0.25, -0.2) is 0 Å². The SMILES string of the molecule is Cc1ccc(N(c2ccc(C)cc2)c2ccc(-c3ccc(-c4ccc5c(c4)c4cc(-c6ccc7c(c6)c6ccccc6n7-c6ccccc6)ccc4n5-c4ccccc4)cc3)cc2)cc1. The topological polar surface area (TPSA) is 13.1 Å². The van der Waals surface area contributed by atoms with E-state index < -0.39 is 0 Å². The number of anilines is 3. The van der Waals surface area contributed by atoms with Crippen LogP contribution in [0.4, 0.5) is 17.1 Å². The van der Waals surface area contributed by atoms with Crippen LogP contribution >= 0.6 is 0 Å². The first-order chi connectivity index (χ1) is 32.0. The second-order valence-corrected chi connectivity index (χ2v) is 17.2. The van der Waals surface area contributed by atoms with Gasteiger partial charge in [0, 0.05) is 50.0 Å². The zero-order chi connectivity index (χ0) is 43.4. The Morgan fingerprint density at radius 1 is 0.262 bits per heavy atom. The third-order valence-corrected chi connectivity index (χ3v) is 13.1. The fourth-order valence-electron chi connectivity index (χ4n) is 9.74. The summed E-state index contributed by atoms with van der Waals surface area (Å²) in [5, 5.41) is 4.97. The molecule has 0 radical (unpaired) electrons. The maximum Gasteiger partial charge on any atom is 0.0541 e. The summed E-state index contributed by atoms with van der Waals surface area (Å²) >= 11 is 0. The number of aryl methyl sites for hydroxylation is 2. The molecule has 0 bridgehead atoms. The molecule has 65 heavy (non-hydrogen) atoms. The van der Waals surface area contributed by atoms with Gasteiger partial charge in [-0.05, 0) is 150 Å². The Balaban J connectivity index is 0.913. The monoisotopic (exact) mass is 831 g/mol. The Hall–Kier alpha value is -8.40. The first kappa shape index (κ1) is 38.3. The quantitative estimate of drug-likeness (QED) is 0.149. The number of benzene rings is 10. The molecule has 0 N–H and O–H groups in total. The molecule has 0 fully saturated rings. The molecule has 0 saturated heterocycles. The lowest BCUT2D eigenvalue weighted by atomic mass is 9.98. The van der Waals surface area contributed by atoms with Crippen LogP contribution < -0.4 is 4.90 Å². The van der Waals surface area contributed by atoms with Crippen LogP contribution in [0.3, 0.4) is 0 Å². The maximum absolute atomic E-state index is 2.40. The van der Waals surface area contributed by atoms with Crippen molar-refractivity contribution in [2.75, 3.05) is 4.90 Å². The number of rotatable bonds is 8. The smallest absolute Gasteiger partial charge is 0.0541 e. The van der Waals surface area contributed by atoms with Gasteiger partial charge in [-0.1, -0.05) is 145 Å². The molecule has 12 aromatic rings. The van der Waals surface area contributed by atoms with E-state index >= 15 is 0 Å². The van der Waals surface area contributed by atoms with E-state index in [1.807, 2.05) is 0 Å². The maximum atomic E-state index is 2.40. The molecular weight excluding hydrogens is 787 g/mol. The molecule has 0 amide bonds. The van der Waals surface area contributed by atoms with Crippen LogP contribution in [0.5, 0.6) is 0 Å². The summed E-state index contributed by atoms with van der Waals surface area (Å²) in [6.45, 7) is 4.26. The number of aromatic nitrogens is 2. The van der Waals surface area contributed by atoms with Crippen LogP contribution in [-0.2, 0) is 0 Å². The van der Waals surface area contributed by atoms with Crippen molar-refractivity contribution in [3.8, 4) is 44.8 Å². The highest BCUT2D eigenvalue weighted by Crippen LogP contribution is 2.41. The normalized spacial score (nSPS) is 11.5. The molecule has 12 rings (SSSR count). The van der Waals surface area contributed by atoms with E-state index in [0.717, 1.165) is 22.7 Å². The molecule has 0 spiro atoms. The Labute approximate surface area is 379 Å². The van der Waals surface area contributed by atoms with Crippen LogP contribution in [0.2, 0.25) is 0 Å². The minimum Gasteiger partial charge on any atom is -0.311 e. The second-order valence-electron chi connectivity index (χ2n) is 17.2. The Kier molecular flexibility index (Phi) is 9.28. The first-order valence-corrected chi connectivity index (χ1v) is 22.4. The van der Waals surface area contributed by atoms with Crippen molar-refractivity contribution in [2.45, 2.75) is 13.8 Å². The van der Waals surface area contributed by atoms with E-state index in [1.165, 1.54) is 93.8 Å². The first-order valence-electron chi connectivity index (χ1n) is 22.4. The van der Waals surface area contributed by atoms with E-state index in [1.54, 1.807) is 0 Å². The van der Waals surface area contributed by atoms with Gasteiger partial charge in [0.25, 0.3) is 0 Å². The molecule has 2 aromatic heterocycles. The minimum atomic E-state index is 1.13. The van der Waals surface area contributed by atoms with Gasteiger partial charge in [-0.15, -0.1) is 0 Å². The lowest BCUT2D eigenvalue weighted by Gasteiger charge is -2.26. The average Bonchev–Trinajstić information content (AvgIpc) is 3.88. The fourth-order valence-corrected chi connectivity index (χ4v) is 9.74. The van der Waals surface area contributed by atoms with Crippen LogP contribution in [0.25, 0.3) is 88.4 Å². The standard InChI is InChI=1S/C62H45N3/c1-42-17-30-52(31-18-42)63(53-32-19-43(2)20-33-53)54-34-25-45(26-35-54)44-21-23-46(24-22-44)47-27-36-61-57(39-47)58-41-49(29-38-62(58)65(61)51-13-7-4-8-14-51)48-28-37-60-56(40-48)55-15-9-10-16-59(55)64(60)50-11-5-3-6-12-50/h3-41H,1-2H3. The van der Waals surface area contributed by atoms with E-state index in [4.69, 9.17) is 0 Å². The fraction of sp³-hybridized carbons (Fsp3) is 0.0323. The largest absolute Gasteiger partial charge is 0.311 e. The van der Waals surface area contributed by atoms with Gasteiger partial charge < -0.3 is 14.0 Å². The van der Waals surface area contributed by atoms with Gasteiger partial charge in [0.05, 0.1) is 22.1 Å². The minimum absolute atomic E-state index is 1.13. The number of hydrogen-bond acceptors (Lipinski definition) is 1. The van der Waals surface area contributed by atoms with Gasteiger partial charge in [0.2, 0.25) is 0 Å². The average molecular weight is 832 g/mol. The van der Waals surface area contributed by atoms with Crippen molar-refractivity contribution >= 4 is 60.7 Å². The zero-order valence-corrected chi connectivity index (χ0v) is 36.4. The Morgan fingerprint density at radius 3 is 1.02 bits per heavy atom. The van der Waals surface area contributed by atoms with Crippen molar-refractivity contribution in [2.24, 2.45) is 0 Å². The summed E-state index contributed by atoms with van der Waals surface area (Å²) in [7, 11) is 0. The summed E-state index contributed by atoms with van der Waals surface area (Å²) in [6, 6.07) is 86.5. The zero-order valence-electron chi connectivity index (χ0n) is 36.4. The third-order valence-electron chi connectivity index (χ3n) is 13.1. The molecule has 0 aliphatic rings. The number of para-hydroxylation sites is 3. The highest BCUT2D eigenvalue weighted by Gasteiger charge is 2.18. The molecule has 2 heterocycles. The van der Waals surface area contributed by atoms with E-state index in [9.17, 15) is 0 Å². The Bertz CT molecular complexity index is 3630. The molecule has 3 heteroatoms. The van der Waals surface area contributed by atoms with Gasteiger partial charge >= 0.3 is 0 Å². The van der Waals surface area contributed by atoms with Crippen LogP contribution in [0, 0.1) is 13.8 Å². The van der Waals surface area contributed by atoms with Crippen molar-refractivity contribution in [3.63, 3.8) is 0 Å². The Morgan fingerprint density at radius 2 is 0.569 bits per heavy atom. The van der Waals surface area contributed by atoms with Gasteiger partial charge in [-0.2, -0.15) is 0 Å². The van der Waals surface area contributed by atoms with Crippen molar-refractivity contribution in [1.29, 1.82) is 0 Å². The van der Waals surface area contributed by atoms with Gasteiger partial charge in [0.1, 0.15) is 0 Å². The summed E-state index contributed by atoms with van der Waals surface area (Å²) < 4.78 is 4.78. The highest BCUT2D eigenvalue weighted by atomic mass is 15.1. The summed E-state index contributed by atoms with van der Waals surface area (Å²) in [6.07, 6.45) is 0. The van der Waals surface area contributed by atoms with E-state index in [-0.39, 0.29) is 0 Å². The summed E-state index contributed by atoms with van der Waals surface area (Å²) in [5.41, 5.74) is 20.2. The predicted octanol–water partition coefficient (Wildman–Crippen LogP) is 17.0. The third kappa shape index (κ3) is 6.77. The van der Waals surface area contributed by atoms with Crippen LogP contribution in [0.1, 0.15) is 11.1 Å².